The minimum Gasteiger partial charge on any atom is -0.393 e. The molecule has 0 aliphatic carbocycles. The molecule has 1 heterocycles. The highest BCUT2D eigenvalue weighted by Gasteiger charge is 2.31. The number of piperazine rings is 1. The summed E-state index contributed by atoms with van der Waals surface area (Å²) in [6.07, 6.45) is 0.670. The molecule has 0 aromatic heterocycles. The number of amides is 3. The molecule has 1 aliphatic heterocycles. The molecule has 0 unspecified atom stereocenters. The summed E-state index contributed by atoms with van der Waals surface area (Å²) in [5.41, 5.74) is 5.39. The lowest BCUT2D eigenvalue weighted by Gasteiger charge is -2.33. The second-order valence-corrected chi connectivity index (χ2v) is 5.48. The molecule has 118 valence electrons. The first kappa shape index (κ1) is 17.4. The molecular formula is C13H22N4O3S. The number of carbonyl (C=O) groups excluding carboxylic acids is 3. The molecule has 0 radical (unpaired) electrons. The number of nitrogens with zero attached hydrogens (tertiary/aromatic N) is 3. The van der Waals surface area contributed by atoms with E-state index < -0.39 is 11.8 Å². The van der Waals surface area contributed by atoms with Crippen molar-refractivity contribution >= 4 is 34.9 Å². The Morgan fingerprint density at radius 1 is 1.24 bits per heavy atom. The molecule has 0 saturated carbocycles. The predicted molar refractivity (Wildman–Crippen MR) is 82.5 cm³/mol. The van der Waals surface area contributed by atoms with Gasteiger partial charge >= 0.3 is 11.8 Å². The molecule has 0 aromatic carbocycles. The van der Waals surface area contributed by atoms with Crippen LogP contribution in [0.1, 0.15) is 19.8 Å². The topological polar surface area (TPSA) is 86.9 Å². The number of hydrogen-bond acceptors (Lipinski definition) is 4. The third-order valence-electron chi connectivity index (χ3n) is 3.49. The summed E-state index contributed by atoms with van der Waals surface area (Å²) in [5, 5.41) is 0. The van der Waals surface area contributed by atoms with Gasteiger partial charge in [-0.15, -0.1) is 0 Å². The average Bonchev–Trinajstić information content (AvgIpc) is 2.45. The van der Waals surface area contributed by atoms with Crippen molar-refractivity contribution in [2.75, 3.05) is 39.8 Å². The van der Waals surface area contributed by atoms with Crippen LogP contribution in [0.2, 0.25) is 0 Å². The van der Waals surface area contributed by atoms with Crippen LogP contribution in [-0.2, 0) is 14.4 Å². The number of hydrogen-bond donors (Lipinski definition) is 1. The van der Waals surface area contributed by atoms with Gasteiger partial charge in [-0.1, -0.05) is 12.2 Å². The molecule has 1 aliphatic rings. The van der Waals surface area contributed by atoms with Crippen LogP contribution >= 0.6 is 12.2 Å². The number of rotatable bonds is 7. The Bertz CT molecular complexity index is 441. The van der Waals surface area contributed by atoms with Crippen LogP contribution < -0.4 is 5.73 Å². The van der Waals surface area contributed by atoms with Gasteiger partial charge in [-0.05, 0) is 6.92 Å². The van der Waals surface area contributed by atoms with Gasteiger partial charge in [0.1, 0.15) is 0 Å². The Labute approximate surface area is 130 Å². The summed E-state index contributed by atoms with van der Waals surface area (Å²) in [4.78, 5) is 40.4. The van der Waals surface area contributed by atoms with Gasteiger partial charge in [-0.2, -0.15) is 0 Å². The van der Waals surface area contributed by atoms with E-state index in [2.05, 4.69) is 0 Å². The quantitative estimate of drug-likeness (QED) is 0.491. The summed E-state index contributed by atoms with van der Waals surface area (Å²) >= 11 is 4.76. The zero-order valence-electron chi connectivity index (χ0n) is 12.5. The Morgan fingerprint density at radius 2 is 1.81 bits per heavy atom. The summed E-state index contributed by atoms with van der Waals surface area (Å²) < 4.78 is 0. The molecule has 0 bridgehead atoms. The van der Waals surface area contributed by atoms with Gasteiger partial charge in [0, 0.05) is 52.6 Å². The Morgan fingerprint density at radius 3 is 2.38 bits per heavy atom. The first-order valence-electron chi connectivity index (χ1n) is 6.97. The monoisotopic (exact) mass is 314 g/mol. The molecule has 1 rings (SSSR count). The highest BCUT2D eigenvalue weighted by molar-refractivity contribution is 7.80. The Kier molecular flexibility index (Phi) is 6.54. The molecule has 3 amide bonds. The van der Waals surface area contributed by atoms with Crippen molar-refractivity contribution in [2.24, 2.45) is 5.73 Å². The van der Waals surface area contributed by atoms with Gasteiger partial charge in [-0.3, -0.25) is 14.4 Å². The zero-order valence-corrected chi connectivity index (χ0v) is 13.3. The zero-order chi connectivity index (χ0) is 16.0. The lowest BCUT2D eigenvalue weighted by molar-refractivity contribution is -0.156. The van der Waals surface area contributed by atoms with Gasteiger partial charge in [0.2, 0.25) is 5.91 Å². The van der Waals surface area contributed by atoms with Crippen molar-refractivity contribution in [3.8, 4) is 0 Å². The molecular weight excluding hydrogens is 292 g/mol. The molecule has 1 saturated heterocycles. The largest absolute Gasteiger partial charge is 0.393 e. The molecule has 8 heteroatoms. The Balaban J connectivity index is 2.41. The summed E-state index contributed by atoms with van der Waals surface area (Å²) in [7, 11) is 1.67. The molecule has 0 atom stereocenters. The normalized spacial score (nSPS) is 15.3. The van der Waals surface area contributed by atoms with E-state index in [0.717, 1.165) is 0 Å². The molecule has 2 N–H and O–H groups in total. The number of nitrogens with two attached hydrogens (primary N) is 1. The van der Waals surface area contributed by atoms with Crippen LogP contribution in [0.25, 0.3) is 0 Å². The van der Waals surface area contributed by atoms with Crippen LogP contribution in [-0.4, -0.2) is 77.2 Å². The minimum absolute atomic E-state index is 0.0931. The van der Waals surface area contributed by atoms with Crippen LogP contribution in [0.4, 0.5) is 0 Å². The van der Waals surface area contributed by atoms with Gasteiger partial charge in [0.05, 0.1) is 4.99 Å². The standard InChI is InChI=1S/C13H22N4O3S/c1-3-16-8-9-17(13(20)12(16)19)7-5-11(18)15(2)6-4-10(14)21/h3-9H2,1-2H3,(H2,14,21). The average molecular weight is 314 g/mol. The van der Waals surface area contributed by atoms with Crippen molar-refractivity contribution in [1.29, 1.82) is 0 Å². The number of carbonyl (C=O) groups is 3. The lowest BCUT2D eigenvalue weighted by atomic mass is 10.2. The second-order valence-electron chi connectivity index (χ2n) is 4.96. The maximum Gasteiger partial charge on any atom is 0.312 e. The fraction of sp³-hybridized carbons (Fsp3) is 0.692. The fourth-order valence-electron chi connectivity index (χ4n) is 2.05. The van der Waals surface area contributed by atoms with Crippen molar-refractivity contribution < 1.29 is 14.4 Å². The van der Waals surface area contributed by atoms with E-state index in [1.165, 1.54) is 14.7 Å². The summed E-state index contributed by atoms with van der Waals surface area (Å²) in [6, 6.07) is 0. The van der Waals surface area contributed by atoms with Crippen molar-refractivity contribution in [1.82, 2.24) is 14.7 Å². The SMILES string of the molecule is CCN1CCN(CCC(=O)N(C)CCC(N)=S)C(=O)C1=O. The van der Waals surface area contributed by atoms with Gasteiger partial charge in [0.15, 0.2) is 0 Å². The highest BCUT2D eigenvalue weighted by Crippen LogP contribution is 2.06. The lowest BCUT2D eigenvalue weighted by Crippen LogP contribution is -2.54. The van der Waals surface area contributed by atoms with E-state index in [-0.39, 0.29) is 18.9 Å². The van der Waals surface area contributed by atoms with Crippen molar-refractivity contribution in [2.45, 2.75) is 19.8 Å². The second kappa shape index (κ2) is 7.92. The Hall–Kier alpha value is -1.70. The van der Waals surface area contributed by atoms with E-state index >= 15 is 0 Å². The van der Waals surface area contributed by atoms with Gasteiger partial charge in [0.25, 0.3) is 0 Å². The highest BCUT2D eigenvalue weighted by atomic mass is 32.1. The van der Waals surface area contributed by atoms with Gasteiger partial charge < -0.3 is 20.4 Å². The predicted octanol–water partition coefficient (Wildman–Crippen LogP) is -0.798. The van der Waals surface area contributed by atoms with E-state index in [9.17, 15) is 14.4 Å². The molecule has 1 fully saturated rings. The van der Waals surface area contributed by atoms with E-state index in [1.54, 1.807) is 7.05 Å². The third-order valence-corrected chi connectivity index (χ3v) is 3.70. The van der Waals surface area contributed by atoms with Crippen molar-refractivity contribution in [3.63, 3.8) is 0 Å². The first-order valence-corrected chi connectivity index (χ1v) is 7.38. The smallest absolute Gasteiger partial charge is 0.312 e. The minimum atomic E-state index is -0.526. The maximum absolute atomic E-state index is 11.9. The van der Waals surface area contributed by atoms with E-state index in [0.29, 0.717) is 37.6 Å². The van der Waals surface area contributed by atoms with Gasteiger partial charge in [-0.25, -0.2) is 0 Å². The van der Waals surface area contributed by atoms with E-state index in [1.807, 2.05) is 6.92 Å². The first-order chi connectivity index (χ1) is 9.86. The molecule has 0 aromatic rings. The number of thiocarbonyl (C=S) groups is 1. The molecule has 21 heavy (non-hydrogen) atoms. The summed E-state index contributed by atoms with van der Waals surface area (Å²) in [5.74, 6) is -1.11. The van der Waals surface area contributed by atoms with Crippen molar-refractivity contribution in [3.05, 3.63) is 0 Å². The van der Waals surface area contributed by atoms with Crippen LogP contribution in [0.15, 0.2) is 0 Å². The van der Waals surface area contributed by atoms with Crippen LogP contribution in [0, 0.1) is 0 Å². The molecule has 7 nitrogen and oxygen atoms in total. The number of likely N-dealkylation sites (N-methyl/N-ethyl adjacent to an activating group) is 1. The van der Waals surface area contributed by atoms with Crippen LogP contribution in [0.3, 0.4) is 0 Å². The van der Waals surface area contributed by atoms with E-state index in [4.69, 9.17) is 18.0 Å². The fourth-order valence-corrected chi connectivity index (χ4v) is 2.15. The molecule has 0 spiro atoms. The third kappa shape index (κ3) is 4.96. The summed E-state index contributed by atoms with van der Waals surface area (Å²) in [6.45, 7) is 4.08. The van der Waals surface area contributed by atoms with Crippen LogP contribution in [0.5, 0.6) is 0 Å². The maximum atomic E-state index is 11.9.